The van der Waals surface area contributed by atoms with Crippen molar-refractivity contribution in [2.75, 3.05) is 18.0 Å². The maximum absolute atomic E-state index is 4.79. The standard InChI is InChI=1S/C18H21N3/c1-2-5-14(6-3-1)11-17-19-10-9-18(20-17)21-12-15-7-4-8-16(15)13-21/h1-3,5-6,9-10,15-16H,4,7-8,11-13H2. The first-order valence-electron chi connectivity index (χ1n) is 7.99. The molecule has 0 bridgehead atoms. The molecule has 2 fully saturated rings. The van der Waals surface area contributed by atoms with E-state index in [4.69, 9.17) is 4.98 Å². The fraction of sp³-hybridized carbons (Fsp3) is 0.444. The van der Waals surface area contributed by atoms with Crippen molar-refractivity contribution < 1.29 is 0 Å². The molecule has 2 heterocycles. The first-order valence-corrected chi connectivity index (χ1v) is 7.99. The predicted molar refractivity (Wildman–Crippen MR) is 84.3 cm³/mol. The molecule has 4 rings (SSSR count). The highest BCUT2D eigenvalue weighted by atomic mass is 15.2. The number of fused-ring (bicyclic) bond motifs is 1. The van der Waals surface area contributed by atoms with E-state index in [9.17, 15) is 0 Å². The zero-order valence-electron chi connectivity index (χ0n) is 12.3. The van der Waals surface area contributed by atoms with Gasteiger partial charge in [-0.05, 0) is 36.3 Å². The van der Waals surface area contributed by atoms with Crippen LogP contribution in [0.25, 0.3) is 0 Å². The molecular formula is C18H21N3. The molecule has 0 spiro atoms. The van der Waals surface area contributed by atoms with Crippen molar-refractivity contribution in [3.63, 3.8) is 0 Å². The molecule has 2 unspecified atom stereocenters. The summed E-state index contributed by atoms with van der Waals surface area (Å²) in [5, 5.41) is 0. The topological polar surface area (TPSA) is 29.0 Å². The number of benzene rings is 1. The number of anilines is 1. The van der Waals surface area contributed by atoms with Gasteiger partial charge < -0.3 is 4.90 Å². The summed E-state index contributed by atoms with van der Waals surface area (Å²) in [4.78, 5) is 11.7. The lowest BCUT2D eigenvalue weighted by Crippen LogP contribution is -2.22. The number of hydrogen-bond acceptors (Lipinski definition) is 3. The van der Waals surface area contributed by atoms with Gasteiger partial charge in [-0.2, -0.15) is 0 Å². The monoisotopic (exact) mass is 279 g/mol. The van der Waals surface area contributed by atoms with Crippen LogP contribution in [0.5, 0.6) is 0 Å². The minimum atomic E-state index is 0.815. The molecular weight excluding hydrogens is 258 g/mol. The van der Waals surface area contributed by atoms with Gasteiger partial charge in [-0.15, -0.1) is 0 Å². The molecule has 1 saturated heterocycles. The summed E-state index contributed by atoms with van der Waals surface area (Å²) < 4.78 is 0. The second-order valence-corrected chi connectivity index (χ2v) is 6.35. The van der Waals surface area contributed by atoms with Crippen LogP contribution in [0, 0.1) is 11.8 Å². The maximum atomic E-state index is 4.79. The summed E-state index contributed by atoms with van der Waals surface area (Å²) >= 11 is 0. The van der Waals surface area contributed by atoms with Crippen molar-refractivity contribution in [1.82, 2.24) is 9.97 Å². The largest absolute Gasteiger partial charge is 0.356 e. The summed E-state index contributed by atoms with van der Waals surface area (Å²) in [5.41, 5.74) is 1.27. The first kappa shape index (κ1) is 12.8. The molecule has 1 aliphatic carbocycles. The molecule has 0 N–H and O–H groups in total. The Hall–Kier alpha value is -1.90. The lowest BCUT2D eigenvalue weighted by atomic mass is 10.0. The van der Waals surface area contributed by atoms with E-state index in [-0.39, 0.29) is 0 Å². The first-order chi connectivity index (χ1) is 10.4. The summed E-state index contributed by atoms with van der Waals surface area (Å²) in [6.07, 6.45) is 6.96. The van der Waals surface area contributed by atoms with Gasteiger partial charge in [-0.1, -0.05) is 36.8 Å². The van der Waals surface area contributed by atoms with Crippen LogP contribution in [0.4, 0.5) is 5.82 Å². The zero-order valence-corrected chi connectivity index (χ0v) is 12.3. The Morgan fingerprint density at radius 3 is 2.52 bits per heavy atom. The quantitative estimate of drug-likeness (QED) is 0.863. The van der Waals surface area contributed by atoms with Crippen LogP contribution in [-0.2, 0) is 6.42 Å². The van der Waals surface area contributed by atoms with E-state index in [1.807, 2.05) is 12.3 Å². The van der Waals surface area contributed by atoms with Crippen LogP contribution >= 0.6 is 0 Å². The molecule has 1 aromatic heterocycles. The predicted octanol–water partition coefficient (Wildman–Crippen LogP) is 3.30. The van der Waals surface area contributed by atoms with E-state index < -0.39 is 0 Å². The molecule has 1 saturated carbocycles. The van der Waals surface area contributed by atoms with Crippen molar-refractivity contribution >= 4 is 5.82 Å². The second-order valence-electron chi connectivity index (χ2n) is 6.35. The molecule has 3 heteroatoms. The van der Waals surface area contributed by atoms with E-state index in [1.165, 1.54) is 37.9 Å². The van der Waals surface area contributed by atoms with Gasteiger partial charge >= 0.3 is 0 Å². The SMILES string of the molecule is c1ccc(Cc2nccc(N3CC4CCCC4C3)n2)cc1. The van der Waals surface area contributed by atoms with Gasteiger partial charge in [0.2, 0.25) is 0 Å². The minimum Gasteiger partial charge on any atom is -0.356 e. The highest BCUT2D eigenvalue weighted by Gasteiger charge is 2.36. The van der Waals surface area contributed by atoms with Gasteiger partial charge in [0.15, 0.2) is 0 Å². The molecule has 21 heavy (non-hydrogen) atoms. The van der Waals surface area contributed by atoms with Gasteiger partial charge in [-0.3, -0.25) is 0 Å². The summed E-state index contributed by atoms with van der Waals surface area (Å²) in [7, 11) is 0. The van der Waals surface area contributed by atoms with Gasteiger partial charge in [0.05, 0.1) is 0 Å². The molecule has 0 radical (unpaired) electrons. The molecule has 1 aliphatic heterocycles. The van der Waals surface area contributed by atoms with Crippen LogP contribution < -0.4 is 4.90 Å². The number of nitrogens with zero attached hydrogens (tertiary/aromatic N) is 3. The Balaban J connectivity index is 1.51. The Labute approximate surface area is 126 Å². The third-order valence-electron chi connectivity index (χ3n) is 4.95. The number of hydrogen-bond donors (Lipinski definition) is 0. The van der Waals surface area contributed by atoms with Crippen molar-refractivity contribution in [1.29, 1.82) is 0 Å². The third-order valence-corrected chi connectivity index (χ3v) is 4.95. The smallest absolute Gasteiger partial charge is 0.135 e. The van der Waals surface area contributed by atoms with Gasteiger partial charge in [0.1, 0.15) is 11.6 Å². The normalized spacial score (nSPS) is 24.3. The Bertz CT molecular complexity index is 599. The van der Waals surface area contributed by atoms with Crippen LogP contribution in [0.15, 0.2) is 42.6 Å². The average molecular weight is 279 g/mol. The fourth-order valence-corrected chi connectivity index (χ4v) is 3.85. The van der Waals surface area contributed by atoms with Crippen LogP contribution in [-0.4, -0.2) is 23.1 Å². The molecule has 2 aliphatic rings. The second kappa shape index (κ2) is 5.47. The highest BCUT2D eigenvalue weighted by molar-refractivity contribution is 5.40. The molecule has 0 amide bonds. The van der Waals surface area contributed by atoms with Gasteiger partial charge in [0.25, 0.3) is 0 Å². The lowest BCUT2D eigenvalue weighted by molar-refractivity contribution is 0.494. The number of rotatable bonds is 3. The number of aromatic nitrogens is 2. The van der Waals surface area contributed by atoms with E-state index in [0.717, 1.165) is 29.9 Å². The molecule has 2 aromatic rings. The Kier molecular flexibility index (Phi) is 3.34. The van der Waals surface area contributed by atoms with Gasteiger partial charge in [-0.25, -0.2) is 9.97 Å². The van der Waals surface area contributed by atoms with Crippen molar-refractivity contribution in [2.45, 2.75) is 25.7 Å². The Morgan fingerprint density at radius 2 is 1.76 bits per heavy atom. The molecule has 1 aromatic carbocycles. The zero-order chi connectivity index (χ0) is 14.1. The molecule has 2 atom stereocenters. The third kappa shape index (κ3) is 2.65. The van der Waals surface area contributed by atoms with Crippen molar-refractivity contribution in [3.05, 3.63) is 54.0 Å². The van der Waals surface area contributed by atoms with E-state index in [0.29, 0.717) is 0 Å². The van der Waals surface area contributed by atoms with Crippen molar-refractivity contribution in [2.24, 2.45) is 11.8 Å². The molecule has 108 valence electrons. The maximum Gasteiger partial charge on any atom is 0.135 e. The highest BCUT2D eigenvalue weighted by Crippen LogP contribution is 2.38. The van der Waals surface area contributed by atoms with Crippen LogP contribution in [0.1, 0.15) is 30.7 Å². The minimum absolute atomic E-state index is 0.815. The van der Waals surface area contributed by atoms with Crippen LogP contribution in [0.3, 0.4) is 0 Å². The van der Waals surface area contributed by atoms with E-state index in [1.54, 1.807) is 0 Å². The van der Waals surface area contributed by atoms with Crippen molar-refractivity contribution in [3.8, 4) is 0 Å². The molecule has 3 nitrogen and oxygen atoms in total. The Morgan fingerprint density at radius 1 is 1.00 bits per heavy atom. The van der Waals surface area contributed by atoms with Crippen LogP contribution in [0.2, 0.25) is 0 Å². The lowest BCUT2D eigenvalue weighted by Gasteiger charge is -2.18. The summed E-state index contributed by atoms with van der Waals surface area (Å²) in [6, 6.07) is 12.5. The van der Waals surface area contributed by atoms with Gasteiger partial charge in [0, 0.05) is 25.7 Å². The fourth-order valence-electron chi connectivity index (χ4n) is 3.85. The average Bonchev–Trinajstić information content (AvgIpc) is 3.10. The summed E-state index contributed by atoms with van der Waals surface area (Å²) in [6.45, 7) is 2.37. The van der Waals surface area contributed by atoms with E-state index in [2.05, 4.69) is 40.2 Å². The van der Waals surface area contributed by atoms with E-state index >= 15 is 0 Å². The summed E-state index contributed by atoms with van der Waals surface area (Å²) in [5.74, 6) is 3.84.